The Hall–Kier alpha value is -1.69. The normalized spacial score (nSPS) is 28.9. The molecular formula is C26H40O5. The molecule has 174 valence electrons. The van der Waals surface area contributed by atoms with Gasteiger partial charge < -0.3 is 20.1 Å². The van der Waals surface area contributed by atoms with Crippen LogP contribution in [0.1, 0.15) is 76.2 Å². The number of ether oxygens (including phenoxy) is 1. The summed E-state index contributed by atoms with van der Waals surface area (Å²) in [5.74, 6) is -0.881. The summed E-state index contributed by atoms with van der Waals surface area (Å²) in [6.07, 6.45) is 4.62. The molecule has 0 amide bonds. The average Bonchev–Trinajstić information content (AvgIpc) is 3.04. The van der Waals surface area contributed by atoms with E-state index in [1.165, 1.54) is 5.56 Å². The fourth-order valence-electron chi connectivity index (χ4n) is 4.37. The summed E-state index contributed by atoms with van der Waals surface area (Å²) in [6.45, 7) is -1.65. The van der Waals surface area contributed by atoms with Crippen LogP contribution in [0.25, 0.3) is 0 Å². The van der Waals surface area contributed by atoms with E-state index in [2.05, 4.69) is 0 Å². The first kappa shape index (κ1) is 20.0. The Kier molecular flexibility index (Phi) is 8.80. The Morgan fingerprint density at radius 2 is 1.97 bits per heavy atom. The third-order valence-corrected chi connectivity index (χ3v) is 6.06. The standard InChI is InChI=1S/C26H40O5/c1-19(2)31-26(30)13-9-4-3-8-12-22-23(25(29)18-24(22)28)17-16-21(27)15-14-20-10-6-5-7-11-20/h3,5-8,10-11,19,21-25,27-29H,4,9,12-18H2,1-2H3/b8-3-/t21-,22+,23+,24-,25+/m0/s1/i1D3,19D/t19?,21-,22+,23+,24-,25+. The second-order valence-corrected chi connectivity index (χ2v) is 8.58. The van der Waals surface area contributed by atoms with Crippen molar-refractivity contribution in [1.82, 2.24) is 0 Å². The molecule has 5 nitrogen and oxygen atoms in total. The van der Waals surface area contributed by atoms with Crippen LogP contribution in [0, 0.1) is 11.8 Å². The molecule has 0 bridgehead atoms. The minimum Gasteiger partial charge on any atom is -0.463 e. The van der Waals surface area contributed by atoms with E-state index in [-0.39, 0.29) is 18.3 Å². The molecular weight excluding hydrogens is 392 g/mol. The van der Waals surface area contributed by atoms with Crippen LogP contribution in [-0.2, 0) is 16.0 Å². The van der Waals surface area contributed by atoms with Gasteiger partial charge in [0.15, 0.2) is 0 Å². The number of carbonyl (C=O) groups excluding carboxylic acids is 1. The van der Waals surface area contributed by atoms with Crippen LogP contribution >= 0.6 is 0 Å². The molecule has 0 heterocycles. The van der Waals surface area contributed by atoms with Crippen molar-refractivity contribution in [1.29, 1.82) is 0 Å². The molecule has 31 heavy (non-hydrogen) atoms. The van der Waals surface area contributed by atoms with E-state index in [0.717, 1.165) is 13.3 Å². The van der Waals surface area contributed by atoms with Crippen molar-refractivity contribution >= 4 is 5.97 Å². The number of aliphatic hydroxyl groups excluding tert-OH is 3. The van der Waals surface area contributed by atoms with Crippen LogP contribution in [-0.4, -0.2) is 45.7 Å². The smallest absolute Gasteiger partial charge is 0.306 e. The van der Waals surface area contributed by atoms with Gasteiger partial charge in [0.2, 0.25) is 0 Å². The first-order valence-corrected chi connectivity index (χ1v) is 11.4. The molecule has 1 aliphatic carbocycles. The van der Waals surface area contributed by atoms with Crippen molar-refractivity contribution < 1.29 is 30.3 Å². The van der Waals surface area contributed by atoms with Crippen molar-refractivity contribution in [2.75, 3.05) is 0 Å². The number of hydrogen-bond donors (Lipinski definition) is 3. The van der Waals surface area contributed by atoms with Crippen LogP contribution in [0.2, 0.25) is 0 Å². The second-order valence-electron chi connectivity index (χ2n) is 8.58. The van der Waals surface area contributed by atoms with Crippen molar-refractivity contribution in [2.45, 2.75) is 96.0 Å². The summed E-state index contributed by atoms with van der Waals surface area (Å²) < 4.78 is 34.1. The van der Waals surface area contributed by atoms with Gasteiger partial charge in [-0.3, -0.25) is 4.79 Å². The molecule has 6 atom stereocenters. The summed E-state index contributed by atoms with van der Waals surface area (Å²) in [5.41, 5.74) is 1.19. The van der Waals surface area contributed by atoms with Crippen molar-refractivity contribution in [3.8, 4) is 0 Å². The molecule has 0 aliphatic heterocycles. The predicted molar refractivity (Wildman–Crippen MR) is 122 cm³/mol. The Morgan fingerprint density at radius 1 is 1.23 bits per heavy atom. The van der Waals surface area contributed by atoms with E-state index >= 15 is 0 Å². The molecule has 5 heteroatoms. The lowest BCUT2D eigenvalue weighted by atomic mass is 9.85. The number of aliphatic hydroxyl groups is 3. The van der Waals surface area contributed by atoms with Crippen molar-refractivity contribution in [3.63, 3.8) is 0 Å². The lowest BCUT2D eigenvalue weighted by Crippen LogP contribution is -2.23. The maximum atomic E-state index is 11.8. The Bertz CT molecular complexity index is 797. The molecule has 0 saturated heterocycles. The largest absolute Gasteiger partial charge is 0.463 e. The number of aryl methyl sites for hydroxylation is 1. The minimum absolute atomic E-state index is 0.0170. The van der Waals surface area contributed by atoms with E-state index in [9.17, 15) is 20.1 Å². The number of benzene rings is 1. The van der Waals surface area contributed by atoms with E-state index in [1.54, 1.807) is 0 Å². The summed E-state index contributed by atoms with van der Waals surface area (Å²) >= 11 is 0. The van der Waals surface area contributed by atoms with Gasteiger partial charge >= 0.3 is 5.97 Å². The van der Waals surface area contributed by atoms with Gasteiger partial charge in [0.1, 0.15) is 0 Å². The van der Waals surface area contributed by atoms with Gasteiger partial charge in [0.05, 0.1) is 25.8 Å². The highest BCUT2D eigenvalue weighted by Crippen LogP contribution is 2.38. The fourth-order valence-corrected chi connectivity index (χ4v) is 4.37. The molecule has 0 radical (unpaired) electrons. The molecule has 2 rings (SSSR count). The minimum atomic E-state index is -2.70. The monoisotopic (exact) mass is 436 g/mol. The summed E-state index contributed by atoms with van der Waals surface area (Å²) in [5, 5.41) is 31.2. The van der Waals surface area contributed by atoms with E-state index in [4.69, 9.17) is 10.2 Å². The van der Waals surface area contributed by atoms with Crippen LogP contribution in [0.3, 0.4) is 0 Å². The maximum absolute atomic E-state index is 11.8. The van der Waals surface area contributed by atoms with E-state index in [1.807, 2.05) is 42.5 Å². The van der Waals surface area contributed by atoms with Gasteiger partial charge in [-0.05, 0) is 82.5 Å². The van der Waals surface area contributed by atoms with Crippen molar-refractivity contribution in [2.24, 2.45) is 11.8 Å². The summed E-state index contributed by atoms with van der Waals surface area (Å²) in [7, 11) is 0. The maximum Gasteiger partial charge on any atom is 0.306 e. The van der Waals surface area contributed by atoms with Gasteiger partial charge in [-0.25, -0.2) is 0 Å². The third kappa shape index (κ3) is 9.55. The zero-order valence-electron chi connectivity index (χ0n) is 22.5. The number of rotatable bonds is 13. The number of esters is 1. The zero-order chi connectivity index (χ0) is 26.1. The predicted octanol–water partition coefficient (Wildman–Crippen LogP) is 4.19. The first-order chi connectivity index (χ1) is 16.4. The fraction of sp³-hybridized carbons (Fsp3) is 0.654. The lowest BCUT2D eigenvalue weighted by Gasteiger charge is -2.23. The molecule has 0 aromatic heterocycles. The van der Waals surface area contributed by atoms with Crippen LogP contribution in [0.4, 0.5) is 0 Å². The Labute approximate surface area is 192 Å². The number of unbranched alkanes of at least 4 members (excludes halogenated alkanes) is 1. The molecule has 1 aromatic rings. The van der Waals surface area contributed by atoms with E-state index < -0.39 is 37.2 Å². The highest BCUT2D eigenvalue weighted by atomic mass is 16.5. The second kappa shape index (κ2) is 13.7. The molecule has 0 spiro atoms. The quantitative estimate of drug-likeness (QED) is 0.245. The number of carbonyl (C=O) groups is 1. The average molecular weight is 437 g/mol. The van der Waals surface area contributed by atoms with Crippen LogP contribution in [0.15, 0.2) is 42.5 Å². The number of allylic oxidation sites excluding steroid dienone is 2. The molecule has 1 aromatic carbocycles. The Morgan fingerprint density at radius 3 is 2.71 bits per heavy atom. The van der Waals surface area contributed by atoms with E-state index in [0.29, 0.717) is 44.9 Å². The SMILES string of the molecule is [2H]C([2H])([2H])C([2H])(C)OC(=O)CCC/C=C\C[C@@H]1[C@@H](CC[C@@H](O)CCc2ccccc2)[C@H](O)C[C@@H]1O. The highest BCUT2D eigenvalue weighted by Gasteiger charge is 2.40. The molecule has 1 aliphatic rings. The van der Waals surface area contributed by atoms with Gasteiger partial charge in [-0.1, -0.05) is 42.5 Å². The van der Waals surface area contributed by atoms with Crippen LogP contribution < -0.4 is 0 Å². The molecule has 1 fully saturated rings. The third-order valence-electron chi connectivity index (χ3n) is 6.06. The van der Waals surface area contributed by atoms with Gasteiger partial charge in [0.25, 0.3) is 0 Å². The topological polar surface area (TPSA) is 87.0 Å². The van der Waals surface area contributed by atoms with Gasteiger partial charge in [-0.15, -0.1) is 0 Å². The molecule has 3 N–H and O–H groups in total. The molecule has 1 unspecified atom stereocenters. The van der Waals surface area contributed by atoms with Crippen molar-refractivity contribution in [3.05, 3.63) is 48.0 Å². The summed E-state index contributed by atoms with van der Waals surface area (Å²) in [4.78, 5) is 11.8. The number of hydrogen-bond acceptors (Lipinski definition) is 5. The lowest BCUT2D eigenvalue weighted by molar-refractivity contribution is -0.147. The highest BCUT2D eigenvalue weighted by molar-refractivity contribution is 5.69. The van der Waals surface area contributed by atoms with Crippen LogP contribution in [0.5, 0.6) is 0 Å². The first-order valence-electron chi connectivity index (χ1n) is 13.4. The van der Waals surface area contributed by atoms with Gasteiger partial charge in [-0.2, -0.15) is 0 Å². The molecule has 1 saturated carbocycles. The summed E-state index contributed by atoms with van der Waals surface area (Å²) in [6, 6.07) is 10.0. The van der Waals surface area contributed by atoms with Gasteiger partial charge in [0, 0.05) is 10.5 Å². The Balaban J connectivity index is 1.71. The zero-order valence-corrected chi connectivity index (χ0v) is 18.5.